The number of rotatable bonds is 6. The third-order valence-electron chi connectivity index (χ3n) is 3.18. The van der Waals surface area contributed by atoms with Gasteiger partial charge in [0.1, 0.15) is 0 Å². The van der Waals surface area contributed by atoms with E-state index in [0.29, 0.717) is 11.4 Å². The maximum Gasteiger partial charge on any atom is 0.262 e. The van der Waals surface area contributed by atoms with Crippen molar-refractivity contribution in [1.82, 2.24) is 0 Å². The van der Waals surface area contributed by atoms with Crippen LogP contribution in [0.25, 0.3) is 0 Å². The van der Waals surface area contributed by atoms with Gasteiger partial charge in [-0.2, -0.15) is 0 Å². The van der Waals surface area contributed by atoms with Crippen LogP contribution in [0, 0.1) is 5.92 Å². The van der Waals surface area contributed by atoms with Gasteiger partial charge < -0.3 is 20.5 Å². The lowest BCUT2D eigenvalue weighted by Crippen LogP contribution is -2.20. The normalized spacial score (nSPS) is 10.3. The molecule has 0 aliphatic heterocycles. The zero-order chi connectivity index (χ0) is 17.5. The average Bonchev–Trinajstić information content (AvgIpc) is 2.56. The molecule has 0 fully saturated rings. The topological polar surface area (TPSA) is 87.7 Å². The number of benzene rings is 2. The molecular weight excluding hydrogens is 308 g/mol. The maximum atomic E-state index is 11.9. The van der Waals surface area contributed by atoms with Crippen molar-refractivity contribution >= 4 is 23.2 Å². The number of phenolic OH excluding ortho intramolecular Hbond substituents is 1. The van der Waals surface area contributed by atoms with Crippen molar-refractivity contribution in [2.45, 2.75) is 13.8 Å². The number of para-hydroxylation sites is 2. The fraction of sp³-hybridized carbons (Fsp3) is 0.222. The van der Waals surface area contributed by atoms with E-state index in [-0.39, 0.29) is 35.8 Å². The number of hydrogen-bond acceptors (Lipinski definition) is 4. The first-order chi connectivity index (χ1) is 11.5. The zero-order valence-corrected chi connectivity index (χ0v) is 13.6. The molecule has 0 aliphatic rings. The average molecular weight is 328 g/mol. The molecule has 0 saturated heterocycles. The first kappa shape index (κ1) is 17.3. The van der Waals surface area contributed by atoms with Gasteiger partial charge in [0.2, 0.25) is 5.91 Å². The van der Waals surface area contributed by atoms with Gasteiger partial charge >= 0.3 is 0 Å². The van der Waals surface area contributed by atoms with Crippen molar-refractivity contribution in [3.05, 3.63) is 48.5 Å². The minimum atomic E-state index is -0.350. The molecule has 0 saturated carbocycles. The van der Waals surface area contributed by atoms with Gasteiger partial charge in [-0.1, -0.05) is 26.0 Å². The van der Waals surface area contributed by atoms with Gasteiger partial charge in [0.15, 0.2) is 18.1 Å². The number of amides is 2. The number of aromatic hydroxyl groups is 1. The summed E-state index contributed by atoms with van der Waals surface area (Å²) in [6.07, 6.45) is 0. The second kappa shape index (κ2) is 8.01. The maximum absolute atomic E-state index is 11.9. The van der Waals surface area contributed by atoms with Gasteiger partial charge in [0, 0.05) is 17.3 Å². The molecule has 2 rings (SSSR count). The number of hydrogen-bond donors (Lipinski definition) is 3. The van der Waals surface area contributed by atoms with Crippen molar-refractivity contribution in [1.29, 1.82) is 0 Å². The Morgan fingerprint density at radius 3 is 2.17 bits per heavy atom. The Labute approximate surface area is 140 Å². The minimum absolute atomic E-state index is 0.0180. The zero-order valence-electron chi connectivity index (χ0n) is 13.6. The lowest BCUT2D eigenvalue weighted by Gasteiger charge is -2.10. The summed E-state index contributed by atoms with van der Waals surface area (Å²) in [5.41, 5.74) is 1.25. The number of ether oxygens (including phenoxy) is 1. The van der Waals surface area contributed by atoms with Gasteiger partial charge in [0.05, 0.1) is 0 Å². The van der Waals surface area contributed by atoms with Gasteiger partial charge in [-0.15, -0.1) is 0 Å². The lowest BCUT2D eigenvalue weighted by atomic mass is 10.2. The largest absolute Gasteiger partial charge is 0.504 e. The Morgan fingerprint density at radius 2 is 1.58 bits per heavy atom. The predicted molar refractivity (Wildman–Crippen MR) is 92.1 cm³/mol. The van der Waals surface area contributed by atoms with Crippen LogP contribution >= 0.6 is 0 Å². The molecule has 0 unspecified atom stereocenters. The molecule has 6 nitrogen and oxygen atoms in total. The molecule has 126 valence electrons. The second-order valence-corrected chi connectivity index (χ2v) is 5.53. The molecule has 0 atom stereocenters. The van der Waals surface area contributed by atoms with Crippen LogP contribution in [0.1, 0.15) is 13.8 Å². The quantitative estimate of drug-likeness (QED) is 0.760. The van der Waals surface area contributed by atoms with Crippen molar-refractivity contribution in [2.75, 3.05) is 17.2 Å². The van der Waals surface area contributed by atoms with E-state index >= 15 is 0 Å². The van der Waals surface area contributed by atoms with Gasteiger partial charge in [-0.25, -0.2) is 0 Å². The van der Waals surface area contributed by atoms with Crippen LogP contribution in [-0.2, 0) is 9.59 Å². The van der Waals surface area contributed by atoms with Crippen LogP contribution in [0.2, 0.25) is 0 Å². The Bertz CT molecular complexity index is 711. The van der Waals surface area contributed by atoms with Crippen LogP contribution < -0.4 is 15.4 Å². The second-order valence-electron chi connectivity index (χ2n) is 5.53. The highest BCUT2D eigenvalue weighted by atomic mass is 16.5. The molecular formula is C18H20N2O4. The Hall–Kier alpha value is -3.02. The molecule has 0 bridgehead atoms. The molecule has 2 aromatic carbocycles. The smallest absolute Gasteiger partial charge is 0.262 e. The number of carbonyl (C=O) groups is 2. The highest BCUT2D eigenvalue weighted by Crippen LogP contribution is 2.24. The van der Waals surface area contributed by atoms with Crippen LogP contribution in [0.5, 0.6) is 11.5 Å². The molecule has 0 spiro atoms. The first-order valence-corrected chi connectivity index (χ1v) is 7.57. The Kier molecular flexibility index (Phi) is 5.78. The third kappa shape index (κ3) is 5.01. The fourth-order valence-electron chi connectivity index (χ4n) is 1.84. The molecule has 0 aromatic heterocycles. The van der Waals surface area contributed by atoms with Crippen LogP contribution in [0.4, 0.5) is 11.4 Å². The summed E-state index contributed by atoms with van der Waals surface area (Å²) in [6.45, 7) is 3.41. The highest BCUT2D eigenvalue weighted by Gasteiger charge is 2.08. The number of anilines is 2. The van der Waals surface area contributed by atoms with E-state index < -0.39 is 0 Å². The minimum Gasteiger partial charge on any atom is -0.504 e. The third-order valence-corrected chi connectivity index (χ3v) is 3.18. The molecule has 2 amide bonds. The van der Waals surface area contributed by atoms with E-state index in [1.807, 2.05) is 13.8 Å². The van der Waals surface area contributed by atoms with Crippen LogP contribution in [0.15, 0.2) is 48.5 Å². The summed E-state index contributed by atoms with van der Waals surface area (Å²) in [5.74, 6) is -0.286. The molecule has 0 heterocycles. The van der Waals surface area contributed by atoms with Crippen molar-refractivity contribution in [3.63, 3.8) is 0 Å². The van der Waals surface area contributed by atoms with E-state index in [1.165, 1.54) is 6.07 Å². The van der Waals surface area contributed by atoms with Gasteiger partial charge in [-0.05, 0) is 36.4 Å². The van der Waals surface area contributed by atoms with Crippen molar-refractivity contribution in [3.8, 4) is 11.5 Å². The molecule has 6 heteroatoms. The summed E-state index contributed by atoms with van der Waals surface area (Å²) in [7, 11) is 0. The molecule has 3 N–H and O–H groups in total. The first-order valence-electron chi connectivity index (χ1n) is 7.57. The highest BCUT2D eigenvalue weighted by molar-refractivity contribution is 5.94. The summed E-state index contributed by atoms with van der Waals surface area (Å²) < 4.78 is 5.25. The van der Waals surface area contributed by atoms with Crippen LogP contribution in [-0.4, -0.2) is 23.5 Å². The number of nitrogens with one attached hydrogen (secondary N) is 2. The summed E-state index contributed by atoms with van der Waals surface area (Å²) in [4.78, 5) is 23.5. The molecule has 24 heavy (non-hydrogen) atoms. The molecule has 0 aliphatic carbocycles. The summed E-state index contributed by atoms with van der Waals surface area (Å²) in [6, 6.07) is 13.2. The van der Waals surface area contributed by atoms with Gasteiger partial charge in [-0.3, -0.25) is 9.59 Å². The van der Waals surface area contributed by atoms with Crippen molar-refractivity contribution < 1.29 is 19.4 Å². The fourth-order valence-corrected chi connectivity index (χ4v) is 1.84. The Balaban J connectivity index is 1.86. The van der Waals surface area contributed by atoms with E-state index in [9.17, 15) is 14.7 Å². The van der Waals surface area contributed by atoms with Gasteiger partial charge in [0.25, 0.3) is 5.91 Å². The standard InChI is InChI=1S/C18H20N2O4/c1-12(2)18(23)20-14-9-7-13(8-10-14)19-17(22)11-24-16-6-4-3-5-15(16)21/h3-10,12,21H,11H2,1-2H3,(H,19,22)(H,20,23). The molecule has 2 aromatic rings. The summed E-state index contributed by atoms with van der Waals surface area (Å²) in [5, 5.41) is 15.0. The lowest BCUT2D eigenvalue weighted by molar-refractivity contribution is -0.119. The van der Waals surface area contributed by atoms with E-state index in [0.717, 1.165) is 0 Å². The van der Waals surface area contributed by atoms with E-state index in [1.54, 1.807) is 42.5 Å². The number of carbonyl (C=O) groups excluding carboxylic acids is 2. The monoisotopic (exact) mass is 328 g/mol. The summed E-state index contributed by atoms with van der Waals surface area (Å²) >= 11 is 0. The van der Waals surface area contributed by atoms with E-state index in [2.05, 4.69) is 10.6 Å². The van der Waals surface area contributed by atoms with Crippen LogP contribution in [0.3, 0.4) is 0 Å². The predicted octanol–water partition coefficient (Wildman–Crippen LogP) is 3.00. The molecule has 0 radical (unpaired) electrons. The Morgan fingerprint density at radius 1 is 1.00 bits per heavy atom. The van der Waals surface area contributed by atoms with Crippen molar-refractivity contribution in [2.24, 2.45) is 5.92 Å². The number of phenols is 1. The SMILES string of the molecule is CC(C)C(=O)Nc1ccc(NC(=O)COc2ccccc2O)cc1. The van der Waals surface area contributed by atoms with E-state index in [4.69, 9.17) is 4.74 Å².